The molecule has 0 amide bonds. The highest BCUT2D eigenvalue weighted by Crippen LogP contribution is 2.25. The summed E-state index contributed by atoms with van der Waals surface area (Å²) < 4.78 is 0. The Morgan fingerprint density at radius 2 is 1.74 bits per heavy atom. The summed E-state index contributed by atoms with van der Waals surface area (Å²) in [7, 11) is 0. The third kappa shape index (κ3) is 3.83. The number of nitrogens with zero attached hydrogens (tertiary/aromatic N) is 3. The van der Waals surface area contributed by atoms with Crippen molar-refractivity contribution < 1.29 is 0 Å². The summed E-state index contributed by atoms with van der Waals surface area (Å²) >= 11 is 0. The molecule has 128 valence electrons. The second-order valence-electron chi connectivity index (χ2n) is 5.96. The van der Waals surface area contributed by atoms with Crippen LogP contribution in [0.5, 0.6) is 0 Å². The van der Waals surface area contributed by atoms with Crippen molar-refractivity contribution in [1.29, 1.82) is 0 Å². The van der Waals surface area contributed by atoms with E-state index in [1.807, 2.05) is 48.5 Å². The summed E-state index contributed by atoms with van der Waals surface area (Å²) in [6.07, 6.45) is 14.7. The SMILES string of the molecule is C#Cc1cccc(Nc2ncnc3ccc(C=Cc4ccncc4)cc23)c1. The molecular weight excluding hydrogens is 332 g/mol. The van der Waals surface area contributed by atoms with E-state index in [9.17, 15) is 0 Å². The van der Waals surface area contributed by atoms with Crippen LogP contribution in [-0.2, 0) is 0 Å². The third-order valence-electron chi connectivity index (χ3n) is 4.13. The molecule has 0 aliphatic rings. The molecule has 1 N–H and O–H groups in total. The summed E-state index contributed by atoms with van der Waals surface area (Å²) in [6, 6.07) is 17.7. The zero-order valence-electron chi connectivity index (χ0n) is 14.5. The molecule has 27 heavy (non-hydrogen) atoms. The fourth-order valence-electron chi connectivity index (χ4n) is 2.77. The number of hydrogen-bond donors (Lipinski definition) is 1. The van der Waals surface area contributed by atoms with E-state index in [1.165, 1.54) is 0 Å². The van der Waals surface area contributed by atoms with Gasteiger partial charge in [0.1, 0.15) is 12.1 Å². The maximum atomic E-state index is 5.49. The van der Waals surface area contributed by atoms with Gasteiger partial charge < -0.3 is 5.32 Å². The van der Waals surface area contributed by atoms with Crippen molar-refractivity contribution in [2.45, 2.75) is 0 Å². The Balaban J connectivity index is 1.69. The van der Waals surface area contributed by atoms with Crippen molar-refractivity contribution in [1.82, 2.24) is 15.0 Å². The van der Waals surface area contributed by atoms with E-state index in [1.54, 1.807) is 18.7 Å². The van der Waals surface area contributed by atoms with Crippen molar-refractivity contribution >= 4 is 34.6 Å². The highest BCUT2D eigenvalue weighted by Gasteiger charge is 2.05. The third-order valence-corrected chi connectivity index (χ3v) is 4.13. The first kappa shape index (κ1) is 16.5. The summed E-state index contributed by atoms with van der Waals surface area (Å²) in [5.41, 5.74) is 4.75. The number of hydrogen-bond acceptors (Lipinski definition) is 4. The Hall–Kier alpha value is -3.97. The number of nitrogens with one attached hydrogen (secondary N) is 1. The van der Waals surface area contributed by atoms with Crippen LogP contribution in [-0.4, -0.2) is 15.0 Å². The number of pyridine rings is 1. The highest BCUT2D eigenvalue weighted by molar-refractivity contribution is 5.92. The molecule has 0 spiro atoms. The van der Waals surface area contributed by atoms with Crippen molar-refractivity contribution in [2.75, 3.05) is 5.32 Å². The number of anilines is 2. The molecule has 0 saturated heterocycles. The predicted octanol–water partition coefficient (Wildman–Crippen LogP) is 4.92. The molecule has 0 fully saturated rings. The van der Waals surface area contributed by atoms with Gasteiger partial charge in [-0.2, -0.15) is 0 Å². The Morgan fingerprint density at radius 3 is 2.59 bits per heavy atom. The Bertz CT molecular complexity index is 1160. The van der Waals surface area contributed by atoms with Crippen LogP contribution in [0.1, 0.15) is 16.7 Å². The second-order valence-corrected chi connectivity index (χ2v) is 5.96. The normalized spacial score (nSPS) is 10.8. The molecule has 0 aliphatic heterocycles. The largest absolute Gasteiger partial charge is 0.340 e. The second kappa shape index (κ2) is 7.51. The monoisotopic (exact) mass is 348 g/mol. The molecule has 4 rings (SSSR count). The molecular formula is C23H16N4. The maximum Gasteiger partial charge on any atom is 0.141 e. The molecule has 0 atom stereocenters. The molecule has 4 heteroatoms. The van der Waals surface area contributed by atoms with Crippen LogP contribution in [0.2, 0.25) is 0 Å². The summed E-state index contributed by atoms with van der Waals surface area (Å²) in [6.45, 7) is 0. The average Bonchev–Trinajstić information content (AvgIpc) is 2.73. The zero-order chi connectivity index (χ0) is 18.5. The summed E-state index contributed by atoms with van der Waals surface area (Å²) in [5.74, 6) is 3.39. The lowest BCUT2D eigenvalue weighted by Crippen LogP contribution is -1.96. The molecule has 2 heterocycles. The lowest BCUT2D eigenvalue weighted by Gasteiger charge is -2.09. The standard InChI is InChI=1S/C23H16N4/c1-2-17-4-3-5-20(14-17)27-23-21-15-19(8-9-22(21)25-16-26-23)7-6-18-10-12-24-13-11-18/h1,3-16H,(H,25,26,27). The molecule has 0 unspecified atom stereocenters. The van der Waals surface area contributed by atoms with Gasteiger partial charge in [-0.05, 0) is 53.6 Å². The highest BCUT2D eigenvalue weighted by atomic mass is 15.0. The number of benzene rings is 2. The van der Waals surface area contributed by atoms with Crippen LogP contribution in [0.3, 0.4) is 0 Å². The van der Waals surface area contributed by atoms with Gasteiger partial charge in [0.15, 0.2) is 0 Å². The summed E-state index contributed by atoms with van der Waals surface area (Å²) in [5, 5.41) is 4.29. The quantitative estimate of drug-likeness (QED) is 0.532. The molecule has 2 aromatic heterocycles. The molecule has 0 radical (unpaired) electrons. The molecule has 0 saturated carbocycles. The van der Waals surface area contributed by atoms with E-state index in [4.69, 9.17) is 6.42 Å². The number of rotatable bonds is 4. The Kier molecular flexibility index (Phi) is 4.59. The lowest BCUT2D eigenvalue weighted by atomic mass is 10.1. The van der Waals surface area contributed by atoms with Gasteiger partial charge in [-0.1, -0.05) is 30.2 Å². The van der Waals surface area contributed by atoms with E-state index in [2.05, 4.69) is 44.4 Å². The van der Waals surface area contributed by atoms with E-state index < -0.39 is 0 Å². The first-order chi connectivity index (χ1) is 13.3. The van der Waals surface area contributed by atoms with Crippen LogP contribution in [0, 0.1) is 12.3 Å². The van der Waals surface area contributed by atoms with Gasteiger partial charge >= 0.3 is 0 Å². The van der Waals surface area contributed by atoms with Gasteiger partial charge in [0.2, 0.25) is 0 Å². The van der Waals surface area contributed by atoms with E-state index in [-0.39, 0.29) is 0 Å². The average molecular weight is 348 g/mol. The van der Waals surface area contributed by atoms with Gasteiger partial charge in [0.05, 0.1) is 5.52 Å². The smallest absolute Gasteiger partial charge is 0.141 e. The van der Waals surface area contributed by atoms with Gasteiger partial charge in [0.25, 0.3) is 0 Å². The molecule has 0 bridgehead atoms. The minimum Gasteiger partial charge on any atom is -0.340 e. The predicted molar refractivity (Wildman–Crippen MR) is 110 cm³/mol. The first-order valence-corrected chi connectivity index (χ1v) is 8.48. The number of terminal acetylenes is 1. The van der Waals surface area contributed by atoms with Gasteiger partial charge in [0, 0.05) is 29.0 Å². The van der Waals surface area contributed by atoms with Gasteiger partial charge in [-0.15, -0.1) is 6.42 Å². The van der Waals surface area contributed by atoms with E-state index in [0.717, 1.165) is 39.1 Å². The van der Waals surface area contributed by atoms with Crippen LogP contribution in [0.25, 0.3) is 23.1 Å². The first-order valence-electron chi connectivity index (χ1n) is 8.48. The van der Waals surface area contributed by atoms with Gasteiger partial charge in [-0.3, -0.25) is 4.98 Å². The fraction of sp³-hybridized carbons (Fsp3) is 0. The van der Waals surface area contributed by atoms with Crippen molar-refractivity contribution in [2.24, 2.45) is 0 Å². The van der Waals surface area contributed by atoms with Crippen molar-refractivity contribution in [3.05, 3.63) is 90.0 Å². The molecule has 4 nitrogen and oxygen atoms in total. The van der Waals surface area contributed by atoms with Crippen molar-refractivity contribution in [3.63, 3.8) is 0 Å². The topological polar surface area (TPSA) is 50.7 Å². The Morgan fingerprint density at radius 1 is 0.889 bits per heavy atom. The minimum absolute atomic E-state index is 0.744. The lowest BCUT2D eigenvalue weighted by molar-refractivity contribution is 1.22. The van der Waals surface area contributed by atoms with Crippen LogP contribution in [0.4, 0.5) is 11.5 Å². The van der Waals surface area contributed by atoms with Crippen LogP contribution in [0.15, 0.2) is 73.3 Å². The van der Waals surface area contributed by atoms with Crippen LogP contribution < -0.4 is 5.32 Å². The summed E-state index contributed by atoms with van der Waals surface area (Å²) in [4.78, 5) is 12.8. The minimum atomic E-state index is 0.744. The molecule has 0 aliphatic carbocycles. The Labute approximate surface area is 157 Å². The molecule has 4 aromatic rings. The molecule has 2 aromatic carbocycles. The van der Waals surface area contributed by atoms with Crippen molar-refractivity contribution in [3.8, 4) is 12.3 Å². The number of fused-ring (bicyclic) bond motifs is 1. The van der Waals surface area contributed by atoms with Gasteiger partial charge in [-0.25, -0.2) is 9.97 Å². The van der Waals surface area contributed by atoms with E-state index >= 15 is 0 Å². The fourth-order valence-corrected chi connectivity index (χ4v) is 2.77. The maximum absolute atomic E-state index is 5.49. The zero-order valence-corrected chi connectivity index (χ0v) is 14.5. The van der Waals surface area contributed by atoms with E-state index in [0.29, 0.717) is 0 Å². The van der Waals surface area contributed by atoms with Crippen LogP contribution >= 0.6 is 0 Å². The number of aromatic nitrogens is 3.